The molecule has 152 valence electrons. The number of nitrogens with two attached hydrogens (primary N) is 1. The molecule has 3 aromatic rings. The second kappa shape index (κ2) is 8.06. The van der Waals surface area contributed by atoms with E-state index in [2.05, 4.69) is 5.32 Å². The number of hydrogen-bond donors (Lipinski definition) is 2. The summed E-state index contributed by atoms with van der Waals surface area (Å²) in [6, 6.07) is 9.32. The van der Waals surface area contributed by atoms with Crippen LogP contribution in [0.25, 0.3) is 11.0 Å². The lowest BCUT2D eigenvalue weighted by Gasteiger charge is -2.07. The number of sulfonamides is 1. The van der Waals surface area contributed by atoms with Crippen molar-refractivity contribution in [3.63, 3.8) is 0 Å². The van der Waals surface area contributed by atoms with Gasteiger partial charge in [-0.3, -0.25) is 9.59 Å². The first-order chi connectivity index (χ1) is 13.6. The Kier molecular flexibility index (Phi) is 5.71. The molecule has 0 saturated carbocycles. The molecule has 0 fully saturated rings. The minimum Gasteiger partial charge on any atom is -0.464 e. The molecule has 0 aliphatic carbocycles. The topological polar surface area (TPSA) is 129 Å². The SMILES string of the molecule is Cc1cc2occ(CC(=O)OCC(=O)Nc3cccc(S(N)(=O)=O)c3)c2cc1C. The van der Waals surface area contributed by atoms with Crippen LogP contribution in [0.15, 0.2) is 52.0 Å². The molecule has 3 rings (SSSR count). The second-order valence-corrected chi connectivity index (χ2v) is 8.21. The van der Waals surface area contributed by atoms with Gasteiger partial charge in [0, 0.05) is 16.6 Å². The van der Waals surface area contributed by atoms with E-state index in [1.165, 1.54) is 30.5 Å². The number of anilines is 1. The number of furan rings is 1. The summed E-state index contributed by atoms with van der Waals surface area (Å²) in [5.74, 6) is -1.19. The molecule has 0 unspecified atom stereocenters. The summed E-state index contributed by atoms with van der Waals surface area (Å²) in [5, 5.41) is 8.34. The Morgan fingerprint density at radius 2 is 1.86 bits per heavy atom. The molecule has 0 aliphatic rings. The summed E-state index contributed by atoms with van der Waals surface area (Å²) in [7, 11) is -3.89. The largest absolute Gasteiger partial charge is 0.464 e. The van der Waals surface area contributed by atoms with E-state index in [-0.39, 0.29) is 17.0 Å². The lowest BCUT2D eigenvalue weighted by atomic mass is 10.0. The van der Waals surface area contributed by atoms with Crippen molar-refractivity contribution in [3.8, 4) is 0 Å². The fraction of sp³-hybridized carbons (Fsp3) is 0.200. The predicted octanol–water partition coefficient (Wildman–Crippen LogP) is 2.42. The summed E-state index contributed by atoms with van der Waals surface area (Å²) >= 11 is 0. The summed E-state index contributed by atoms with van der Waals surface area (Å²) in [6.45, 7) is 3.44. The lowest BCUT2D eigenvalue weighted by Crippen LogP contribution is -2.22. The van der Waals surface area contributed by atoms with Crippen LogP contribution >= 0.6 is 0 Å². The summed E-state index contributed by atoms with van der Waals surface area (Å²) < 4.78 is 33.2. The highest BCUT2D eigenvalue weighted by molar-refractivity contribution is 7.89. The van der Waals surface area contributed by atoms with Crippen molar-refractivity contribution in [3.05, 3.63) is 59.4 Å². The van der Waals surface area contributed by atoms with Crippen molar-refractivity contribution >= 4 is 38.6 Å². The van der Waals surface area contributed by atoms with Gasteiger partial charge in [-0.15, -0.1) is 0 Å². The van der Waals surface area contributed by atoms with Gasteiger partial charge in [-0.1, -0.05) is 6.07 Å². The second-order valence-electron chi connectivity index (χ2n) is 6.65. The fourth-order valence-electron chi connectivity index (χ4n) is 2.77. The fourth-order valence-corrected chi connectivity index (χ4v) is 3.33. The number of esters is 1. The van der Waals surface area contributed by atoms with Gasteiger partial charge in [0.2, 0.25) is 10.0 Å². The van der Waals surface area contributed by atoms with Crippen LogP contribution in [0.3, 0.4) is 0 Å². The summed E-state index contributed by atoms with van der Waals surface area (Å²) in [6.07, 6.45) is 1.47. The Morgan fingerprint density at radius 1 is 1.14 bits per heavy atom. The number of hydrogen-bond acceptors (Lipinski definition) is 6. The number of nitrogens with one attached hydrogen (secondary N) is 1. The monoisotopic (exact) mass is 416 g/mol. The zero-order chi connectivity index (χ0) is 21.2. The summed E-state index contributed by atoms with van der Waals surface area (Å²) in [4.78, 5) is 24.0. The number of carbonyl (C=O) groups excluding carboxylic acids is 2. The highest BCUT2D eigenvalue weighted by Crippen LogP contribution is 2.25. The molecule has 0 aliphatic heterocycles. The van der Waals surface area contributed by atoms with E-state index in [0.717, 1.165) is 16.5 Å². The van der Waals surface area contributed by atoms with Gasteiger partial charge in [0.15, 0.2) is 6.61 Å². The Labute approximate surface area is 167 Å². The first-order valence-electron chi connectivity index (χ1n) is 8.69. The van der Waals surface area contributed by atoms with Gasteiger partial charge in [-0.2, -0.15) is 0 Å². The van der Waals surface area contributed by atoms with Crippen molar-refractivity contribution in [1.82, 2.24) is 0 Å². The number of ether oxygens (including phenoxy) is 1. The lowest BCUT2D eigenvalue weighted by molar-refractivity contribution is -0.146. The number of primary sulfonamides is 1. The molecular weight excluding hydrogens is 396 g/mol. The minimum absolute atomic E-state index is 0.0380. The number of rotatable bonds is 6. The molecule has 1 heterocycles. The summed E-state index contributed by atoms with van der Waals surface area (Å²) in [5.41, 5.74) is 3.75. The smallest absolute Gasteiger partial charge is 0.310 e. The van der Waals surface area contributed by atoms with Gasteiger partial charge >= 0.3 is 5.97 Å². The first-order valence-corrected chi connectivity index (χ1v) is 10.2. The van der Waals surface area contributed by atoms with Crippen LogP contribution in [0.5, 0.6) is 0 Å². The molecule has 1 aromatic heterocycles. The Balaban J connectivity index is 1.58. The van der Waals surface area contributed by atoms with Crippen molar-refractivity contribution < 1.29 is 27.2 Å². The van der Waals surface area contributed by atoms with E-state index in [0.29, 0.717) is 11.1 Å². The van der Waals surface area contributed by atoms with Gasteiger partial charge in [0.05, 0.1) is 17.6 Å². The van der Waals surface area contributed by atoms with Crippen molar-refractivity contribution in [2.24, 2.45) is 5.14 Å². The molecule has 0 spiro atoms. The molecule has 0 bridgehead atoms. The van der Waals surface area contributed by atoms with Crippen molar-refractivity contribution in [2.75, 3.05) is 11.9 Å². The Hall–Kier alpha value is -3.17. The molecule has 2 aromatic carbocycles. The highest BCUT2D eigenvalue weighted by Gasteiger charge is 2.15. The van der Waals surface area contributed by atoms with Crippen LogP contribution in [0.4, 0.5) is 5.69 Å². The molecule has 9 heteroatoms. The number of amides is 1. The third-order valence-corrected chi connectivity index (χ3v) is 5.33. The van der Waals surface area contributed by atoms with Gasteiger partial charge in [0.25, 0.3) is 5.91 Å². The molecule has 0 saturated heterocycles. The molecule has 8 nitrogen and oxygen atoms in total. The van der Waals surface area contributed by atoms with Crippen LogP contribution in [0, 0.1) is 13.8 Å². The van der Waals surface area contributed by atoms with Crippen molar-refractivity contribution in [1.29, 1.82) is 0 Å². The predicted molar refractivity (Wildman–Crippen MR) is 107 cm³/mol. The van der Waals surface area contributed by atoms with Crippen LogP contribution in [-0.2, 0) is 30.8 Å². The van der Waals surface area contributed by atoms with E-state index in [1.54, 1.807) is 0 Å². The van der Waals surface area contributed by atoms with E-state index >= 15 is 0 Å². The average molecular weight is 416 g/mol. The van der Waals surface area contributed by atoms with Gasteiger partial charge in [0.1, 0.15) is 5.58 Å². The molecule has 29 heavy (non-hydrogen) atoms. The van der Waals surface area contributed by atoms with Crippen LogP contribution < -0.4 is 10.5 Å². The number of benzene rings is 2. The minimum atomic E-state index is -3.89. The molecule has 0 radical (unpaired) electrons. The number of carbonyl (C=O) groups is 2. The van der Waals surface area contributed by atoms with Gasteiger partial charge < -0.3 is 14.5 Å². The van der Waals surface area contributed by atoms with Crippen LogP contribution in [-0.4, -0.2) is 26.9 Å². The standard InChI is InChI=1S/C20H20N2O6S/c1-12-6-17-14(10-27-18(17)7-13(12)2)8-20(24)28-11-19(23)22-15-4-3-5-16(9-15)29(21,25)26/h3-7,9-10H,8,11H2,1-2H3,(H,22,23)(H2,21,25,26). The molecule has 3 N–H and O–H groups in total. The zero-order valence-electron chi connectivity index (χ0n) is 15.9. The maximum atomic E-state index is 12.1. The maximum absolute atomic E-state index is 12.1. The maximum Gasteiger partial charge on any atom is 0.310 e. The molecule has 0 atom stereocenters. The van der Waals surface area contributed by atoms with Crippen LogP contribution in [0.1, 0.15) is 16.7 Å². The first kappa shape index (κ1) is 20.6. The van der Waals surface area contributed by atoms with E-state index in [4.69, 9.17) is 14.3 Å². The third-order valence-electron chi connectivity index (χ3n) is 4.42. The van der Waals surface area contributed by atoms with Gasteiger partial charge in [-0.25, -0.2) is 13.6 Å². The number of aryl methyl sites for hydroxylation is 2. The average Bonchev–Trinajstić information content (AvgIpc) is 3.01. The normalized spacial score (nSPS) is 11.4. The molecular formula is C20H20N2O6S. The third kappa shape index (κ3) is 5.01. The van der Waals surface area contributed by atoms with Crippen LogP contribution in [0.2, 0.25) is 0 Å². The number of fused-ring (bicyclic) bond motifs is 1. The zero-order valence-corrected chi connectivity index (χ0v) is 16.7. The van der Waals surface area contributed by atoms with E-state index in [9.17, 15) is 18.0 Å². The van der Waals surface area contributed by atoms with Gasteiger partial charge in [-0.05, 0) is 55.3 Å². The quantitative estimate of drug-likeness (QED) is 0.594. The highest BCUT2D eigenvalue weighted by atomic mass is 32.2. The van der Waals surface area contributed by atoms with Crippen molar-refractivity contribution in [2.45, 2.75) is 25.2 Å². The van der Waals surface area contributed by atoms with E-state index in [1.807, 2.05) is 26.0 Å². The van der Waals surface area contributed by atoms with E-state index < -0.39 is 28.5 Å². The molecule has 1 amide bonds. The Morgan fingerprint density at radius 3 is 2.59 bits per heavy atom. The Bertz CT molecular complexity index is 1200.